The number of nitrogens with zero attached hydrogens (tertiary/aromatic N) is 4. The highest BCUT2D eigenvalue weighted by Crippen LogP contribution is 2.17. The van der Waals surface area contributed by atoms with Gasteiger partial charge in [-0.15, -0.1) is 0 Å². The lowest BCUT2D eigenvalue weighted by atomic mass is 10.2. The van der Waals surface area contributed by atoms with Gasteiger partial charge in [-0.3, -0.25) is 4.98 Å². The van der Waals surface area contributed by atoms with Crippen LogP contribution in [-0.2, 0) is 6.54 Å². The molecule has 7 heteroatoms. The van der Waals surface area contributed by atoms with Gasteiger partial charge in [-0.1, -0.05) is 12.1 Å². The van der Waals surface area contributed by atoms with Crippen LogP contribution >= 0.6 is 12.2 Å². The summed E-state index contributed by atoms with van der Waals surface area (Å²) in [5.41, 5.74) is 6.71. The maximum Gasteiger partial charge on any atom is 0.214 e. The molecule has 0 amide bonds. The molecule has 0 aliphatic rings. The van der Waals surface area contributed by atoms with Crippen molar-refractivity contribution >= 4 is 17.9 Å². The highest BCUT2D eigenvalue weighted by molar-refractivity contribution is 7.71. The highest BCUT2D eigenvalue weighted by Gasteiger charge is 2.08. The topological polar surface area (TPSA) is 61.8 Å². The van der Waals surface area contributed by atoms with E-state index in [1.54, 1.807) is 17.1 Å². The van der Waals surface area contributed by atoms with Gasteiger partial charge in [0, 0.05) is 36.7 Å². The van der Waals surface area contributed by atoms with Crippen molar-refractivity contribution in [3.8, 4) is 11.4 Å². The second kappa shape index (κ2) is 7.94. The summed E-state index contributed by atoms with van der Waals surface area (Å²) in [6, 6.07) is 12.4. The van der Waals surface area contributed by atoms with Gasteiger partial charge in [0.25, 0.3) is 0 Å². The van der Waals surface area contributed by atoms with E-state index in [2.05, 4.69) is 63.6 Å². The third-order valence-corrected chi connectivity index (χ3v) is 4.39. The van der Waals surface area contributed by atoms with E-state index < -0.39 is 0 Å². The molecule has 130 valence electrons. The van der Waals surface area contributed by atoms with Crippen molar-refractivity contribution in [2.45, 2.75) is 20.4 Å². The maximum absolute atomic E-state index is 5.33. The molecule has 0 aliphatic heterocycles. The summed E-state index contributed by atoms with van der Waals surface area (Å²) in [5, 5.41) is 7.14. The Morgan fingerprint density at radius 3 is 2.40 bits per heavy atom. The van der Waals surface area contributed by atoms with Gasteiger partial charge in [0.2, 0.25) is 4.77 Å². The van der Waals surface area contributed by atoms with Crippen molar-refractivity contribution in [1.82, 2.24) is 19.9 Å². The average Bonchev–Trinajstić information content (AvgIpc) is 3.03. The van der Waals surface area contributed by atoms with Crippen molar-refractivity contribution < 1.29 is 0 Å². The summed E-state index contributed by atoms with van der Waals surface area (Å²) < 4.78 is 2.33. The minimum absolute atomic E-state index is 0.534. The molecule has 0 aliphatic carbocycles. The SMILES string of the molecule is CCN(CC)c1ccc(CNn2c(-c3ccncc3)n[nH]c2=S)cc1. The lowest BCUT2D eigenvalue weighted by Gasteiger charge is -2.21. The van der Waals surface area contributed by atoms with Crippen molar-refractivity contribution in [1.29, 1.82) is 0 Å². The monoisotopic (exact) mass is 354 g/mol. The zero-order valence-electron chi connectivity index (χ0n) is 14.4. The first-order valence-electron chi connectivity index (χ1n) is 8.38. The molecule has 0 saturated carbocycles. The molecule has 1 aromatic carbocycles. The molecule has 2 aromatic heterocycles. The highest BCUT2D eigenvalue weighted by atomic mass is 32.1. The molecule has 6 nitrogen and oxygen atoms in total. The van der Waals surface area contributed by atoms with Crippen LogP contribution in [0.15, 0.2) is 48.8 Å². The lowest BCUT2D eigenvalue weighted by Crippen LogP contribution is -2.21. The number of H-pyrrole nitrogens is 1. The molecule has 3 aromatic rings. The van der Waals surface area contributed by atoms with E-state index >= 15 is 0 Å². The van der Waals surface area contributed by atoms with Crippen LogP contribution in [0, 0.1) is 4.77 Å². The van der Waals surface area contributed by atoms with E-state index in [1.807, 2.05) is 12.1 Å². The molecule has 0 unspecified atom stereocenters. The molecule has 0 fully saturated rings. The Balaban J connectivity index is 1.74. The summed E-state index contributed by atoms with van der Waals surface area (Å²) in [7, 11) is 0. The van der Waals surface area contributed by atoms with E-state index in [0.29, 0.717) is 11.3 Å². The first-order chi connectivity index (χ1) is 12.2. The van der Waals surface area contributed by atoms with Crippen LogP contribution in [0.3, 0.4) is 0 Å². The third kappa shape index (κ3) is 3.88. The third-order valence-electron chi connectivity index (χ3n) is 4.12. The van der Waals surface area contributed by atoms with Gasteiger partial charge in [-0.2, -0.15) is 5.10 Å². The number of pyridine rings is 1. The van der Waals surface area contributed by atoms with Crippen LogP contribution < -0.4 is 10.3 Å². The minimum Gasteiger partial charge on any atom is -0.372 e. The average molecular weight is 354 g/mol. The fourth-order valence-electron chi connectivity index (χ4n) is 2.72. The van der Waals surface area contributed by atoms with Crippen LogP contribution in [0.2, 0.25) is 0 Å². The van der Waals surface area contributed by atoms with Crippen LogP contribution in [0.1, 0.15) is 19.4 Å². The Morgan fingerprint density at radius 2 is 1.76 bits per heavy atom. The minimum atomic E-state index is 0.534. The first-order valence-corrected chi connectivity index (χ1v) is 8.79. The largest absolute Gasteiger partial charge is 0.372 e. The number of hydrogen-bond acceptors (Lipinski definition) is 5. The molecule has 25 heavy (non-hydrogen) atoms. The molecule has 0 bridgehead atoms. The first kappa shape index (κ1) is 17.2. The van der Waals surface area contributed by atoms with Crippen molar-refractivity contribution in [3.63, 3.8) is 0 Å². The summed E-state index contributed by atoms with van der Waals surface area (Å²) in [4.78, 5) is 6.36. The standard InChI is InChI=1S/C18H22N6S/c1-3-23(4-2)16-7-5-14(6-8-16)13-20-24-17(21-22-18(24)25)15-9-11-19-12-10-15/h5-12,20H,3-4,13H2,1-2H3,(H,22,25). The second-order valence-corrected chi connectivity index (χ2v) is 5.98. The number of aromatic nitrogens is 4. The second-order valence-electron chi connectivity index (χ2n) is 5.60. The summed E-state index contributed by atoms with van der Waals surface area (Å²) in [5.74, 6) is 0.743. The van der Waals surface area contributed by atoms with Gasteiger partial charge in [0.15, 0.2) is 5.82 Å². The van der Waals surface area contributed by atoms with Gasteiger partial charge < -0.3 is 10.3 Å². The molecular formula is C18H22N6S. The van der Waals surface area contributed by atoms with Gasteiger partial charge in [-0.25, -0.2) is 9.77 Å². The predicted octanol–water partition coefficient (Wildman–Crippen LogP) is 3.59. The van der Waals surface area contributed by atoms with Crippen molar-refractivity contribution in [3.05, 3.63) is 59.1 Å². The molecular weight excluding hydrogens is 332 g/mol. The quantitative estimate of drug-likeness (QED) is 0.635. The molecule has 0 radical (unpaired) electrons. The molecule has 2 N–H and O–H groups in total. The Morgan fingerprint density at radius 1 is 1.08 bits per heavy atom. The maximum atomic E-state index is 5.33. The van der Waals surface area contributed by atoms with Crippen LogP contribution in [-0.4, -0.2) is 32.9 Å². The predicted molar refractivity (Wildman–Crippen MR) is 104 cm³/mol. The summed E-state index contributed by atoms with van der Waals surface area (Å²) >= 11 is 5.33. The van der Waals surface area contributed by atoms with Crippen LogP contribution in [0.25, 0.3) is 11.4 Å². The fraction of sp³-hybridized carbons (Fsp3) is 0.278. The molecule has 0 spiro atoms. The zero-order valence-corrected chi connectivity index (χ0v) is 15.3. The van der Waals surface area contributed by atoms with Crippen LogP contribution in [0.5, 0.6) is 0 Å². The van der Waals surface area contributed by atoms with E-state index in [9.17, 15) is 0 Å². The van der Waals surface area contributed by atoms with Crippen molar-refractivity contribution in [2.24, 2.45) is 0 Å². The zero-order chi connectivity index (χ0) is 17.6. The number of aromatic amines is 1. The number of rotatable bonds is 7. The van der Waals surface area contributed by atoms with Gasteiger partial charge >= 0.3 is 0 Å². The molecule has 0 atom stereocenters. The summed E-state index contributed by atoms with van der Waals surface area (Å²) in [6.45, 7) is 7.01. The molecule has 0 saturated heterocycles. The summed E-state index contributed by atoms with van der Waals surface area (Å²) in [6.07, 6.45) is 3.48. The number of hydrogen-bond donors (Lipinski definition) is 2. The van der Waals surface area contributed by atoms with E-state index in [1.165, 1.54) is 11.3 Å². The van der Waals surface area contributed by atoms with Crippen molar-refractivity contribution in [2.75, 3.05) is 23.4 Å². The van der Waals surface area contributed by atoms with Gasteiger partial charge in [0.05, 0.1) is 6.54 Å². The smallest absolute Gasteiger partial charge is 0.214 e. The Labute approximate surface area is 152 Å². The molecule has 3 rings (SSSR count). The molecule has 2 heterocycles. The fourth-order valence-corrected chi connectivity index (χ4v) is 2.92. The van der Waals surface area contributed by atoms with E-state index in [-0.39, 0.29) is 0 Å². The number of anilines is 1. The normalized spacial score (nSPS) is 10.6. The van der Waals surface area contributed by atoms with Gasteiger partial charge in [-0.05, 0) is 55.9 Å². The van der Waals surface area contributed by atoms with Crippen LogP contribution in [0.4, 0.5) is 5.69 Å². The Kier molecular flexibility index (Phi) is 5.45. The number of nitrogens with one attached hydrogen (secondary N) is 2. The lowest BCUT2D eigenvalue weighted by molar-refractivity contribution is 0.830. The van der Waals surface area contributed by atoms with Gasteiger partial charge in [0.1, 0.15) is 0 Å². The van der Waals surface area contributed by atoms with E-state index in [0.717, 1.165) is 24.5 Å². The van der Waals surface area contributed by atoms with E-state index in [4.69, 9.17) is 12.2 Å². The number of benzene rings is 1. The Bertz CT molecular complexity index is 849. The Hall–Kier alpha value is -2.67.